The SMILES string of the molecule is CCCOc1cccc(CCC(C)Cl)c1. The van der Waals surface area contributed by atoms with E-state index in [0.717, 1.165) is 31.6 Å². The van der Waals surface area contributed by atoms with E-state index >= 15 is 0 Å². The lowest BCUT2D eigenvalue weighted by Gasteiger charge is -2.07. The first kappa shape index (κ1) is 12.4. The molecule has 0 aromatic heterocycles. The average Bonchev–Trinajstić information content (AvgIpc) is 2.24. The van der Waals surface area contributed by atoms with Crippen molar-refractivity contribution in [3.05, 3.63) is 29.8 Å². The predicted octanol–water partition coefficient (Wildman–Crippen LogP) is 4.04. The topological polar surface area (TPSA) is 9.23 Å². The van der Waals surface area contributed by atoms with Crippen LogP contribution in [0.25, 0.3) is 0 Å². The lowest BCUT2D eigenvalue weighted by molar-refractivity contribution is 0.317. The molecular formula is C13H19ClO. The molecule has 0 fully saturated rings. The summed E-state index contributed by atoms with van der Waals surface area (Å²) < 4.78 is 5.57. The second-order valence-electron chi connectivity index (χ2n) is 3.82. The van der Waals surface area contributed by atoms with Gasteiger partial charge in [0.2, 0.25) is 0 Å². The normalized spacial score (nSPS) is 12.5. The molecular weight excluding hydrogens is 208 g/mol. The van der Waals surface area contributed by atoms with E-state index in [9.17, 15) is 0 Å². The zero-order valence-electron chi connectivity index (χ0n) is 9.50. The van der Waals surface area contributed by atoms with E-state index in [1.54, 1.807) is 0 Å². The first-order valence-electron chi connectivity index (χ1n) is 5.58. The maximum absolute atomic E-state index is 5.92. The van der Waals surface area contributed by atoms with Crippen LogP contribution in [-0.2, 0) is 6.42 Å². The number of aryl methyl sites for hydroxylation is 1. The van der Waals surface area contributed by atoms with Crippen LogP contribution in [0.3, 0.4) is 0 Å². The summed E-state index contributed by atoms with van der Waals surface area (Å²) in [6.45, 7) is 4.92. The molecule has 84 valence electrons. The third-order valence-corrected chi connectivity index (χ3v) is 2.42. The van der Waals surface area contributed by atoms with E-state index in [1.807, 2.05) is 19.1 Å². The van der Waals surface area contributed by atoms with E-state index in [2.05, 4.69) is 19.1 Å². The molecule has 1 atom stereocenters. The molecule has 1 aromatic rings. The Labute approximate surface area is 97.4 Å². The lowest BCUT2D eigenvalue weighted by Crippen LogP contribution is -1.97. The van der Waals surface area contributed by atoms with E-state index in [4.69, 9.17) is 16.3 Å². The number of rotatable bonds is 6. The summed E-state index contributed by atoms with van der Waals surface area (Å²) in [7, 11) is 0. The smallest absolute Gasteiger partial charge is 0.119 e. The van der Waals surface area contributed by atoms with Gasteiger partial charge in [-0.1, -0.05) is 19.1 Å². The highest BCUT2D eigenvalue weighted by Crippen LogP contribution is 2.16. The molecule has 0 aliphatic rings. The molecule has 15 heavy (non-hydrogen) atoms. The van der Waals surface area contributed by atoms with Crippen LogP contribution in [0.1, 0.15) is 32.3 Å². The van der Waals surface area contributed by atoms with Crippen LogP contribution in [-0.4, -0.2) is 12.0 Å². The van der Waals surface area contributed by atoms with Gasteiger partial charge in [0, 0.05) is 5.38 Å². The molecule has 0 bridgehead atoms. The molecule has 0 aliphatic heterocycles. The summed E-state index contributed by atoms with van der Waals surface area (Å²) in [6, 6.07) is 8.27. The largest absolute Gasteiger partial charge is 0.494 e. The molecule has 1 aromatic carbocycles. The fourth-order valence-corrected chi connectivity index (χ4v) is 1.49. The molecule has 1 nitrogen and oxygen atoms in total. The van der Waals surface area contributed by atoms with Crippen LogP contribution in [0, 0.1) is 0 Å². The monoisotopic (exact) mass is 226 g/mol. The molecule has 0 aliphatic carbocycles. The molecule has 0 radical (unpaired) electrons. The Morgan fingerprint density at radius 1 is 1.40 bits per heavy atom. The maximum Gasteiger partial charge on any atom is 0.119 e. The number of benzene rings is 1. The van der Waals surface area contributed by atoms with Gasteiger partial charge in [-0.2, -0.15) is 0 Å². The van der Waals surface area contributed by atoms with Crippen molar-refractivity contribution in [2.24, 2.45) is 0 Å². The zero-order chi connectivity index (χ0) is 11.1. The van der Waals surface area contributed by atoms with Crippen molar-refractivity contribution in [2.45, 2.75) is 38.5 Å². The van der Waals surface area contributed by atoms with Crippen molar-refractivity contribution >= 4 is 11.6 Å². The summed E-state index contributed by atoms with van der Waals surface area (Å²) >= 11 is 5.92. The Morgan fingerprint density at radius 3 is 2.87 bits per heavy atom. The van der Waals surface area contributed by atoms with Crippen LogP contribution in [0.4, 0.5) is 0 Å². The summed E-state index contributed by atoms with van der Waals surface area (Å²) in [5, 5.41) is 0.241. The Morgan fingerprint density at radius 2 is 2.20 bits per heavy atom. The predicted molar refractivity (Wildman–Crippen MR) is 65.9 cm³/mol. The van der Waals surface area contributed by atoms with Crippen LogP contribution in [0.15, 0.2) is 24.3 Å². The summed E-state index contributed by atoms with van der Waals surface area (Å²) in [4.78, 5) is 0. The van der Waals surface area contributed by atoms with Gasteiger partial charge in [0.05, 0.1) is 6.61 Å². The van der Waals surface area contributed by atoms with Crippen molar-refractivity contribution < 1.29 is 4.74 Å². The average molecular weight is 227 g/mol. The van der Waals surface area contributed by atoms with Gasteiger partial charge in [-0.15, -0.1) is 11.6 Å². The van der Waals surface area contributed by atoms with Crippen LogP contribution in [0.5, 0.6) is 5.75 Å². The lowest BCUT2D eigenvalue weighted by atomic mass is 10.1. The molecule has 2 heteroatoms. The van der Waals surface area contributed by atoms with Gasteiger partial charge >= 0.3 is 0 Å². The quantitative estimate of drug-likeness (QED) is 0.666. The minimum atomic E-state index is 0.241. The molecule has 0 spiro atoms. The summed E-state index contributed by atoms with van der Waals surface area (Å²) in [6.07, 6.45) is 3.08. The highest BCUT2D eigenvalue weighted by atomic mass is 35.5. The molecule has 1 unspecified atom stereocenters. The van der Waals surface area contributed by atoms with Crippen LogP contribution < -0.4 is 4.74 Å². The Hall–Kier alpha value is -0.690. The fraction of sp³-hybridized carbons (Fsp3) is 0.538. The van der Waals surface area contributed by atoms with Gasteiger partial charge in [0.25, 0.3) is 0 Å². The third kappa shape index (κ3) is 5.08. The van der Waals surface area contributed by atoms with Gasteiger partial charge in [0.1, 0.15) is 5.75 Å². The van der Waals surface area contributed by atoms with E-state index in [1.165, 1.54) is 5.56 Å². The zero-order valence-corrected chi connectivity index (χ0v) is 10.3. The Kier molecular flexibility index (Phi) is 5.56. The fourth-order valence-electron chi connectivity index (χ4n) is 1.38. The Balaban J connectivity index is 2.50. The first-order valence-corrected chi connectivity index (χ1v) is 6.02. The van der Waals surface area contributed by atoms with Gasteiger partial charge in [0.15, 0.2) is 0 Å². The van der Waals surface area contributed by atoms with E-state index < -0.39 is 0 Å². The molecule has 0 N–H and O–H groups in total. The van der Waals surface area contributed by atoms with Gasteiger partial charge < -0.3 is 4.74 Å². The minimum absolute atomic E-state index is 0.241. The number of halogens is 1. The number of ether oxygens (including phenoxy) is 1. The third-order valence-electron chi connectivity index (χ3n) is 2.20. The molecule has 0 saturated carbocycles. The van der Waals surface area contributed by atoms with Crippen molar-refractivity contribution in [2.75, 3.05) is 6.61 Å². The second kappa shape index (κ2) is 6.73. The van der Waals surface area contributed by atoms with Crippen LogP contribution >= 0.6 is 11.6 Å². The summed E-state index contributed by atoms with van der Waals surface area (Å²) in [5.41, 5.74) is 1.30. The van der Waals surface area contributed by atoms with Crippen molar-refractivity contribution in [1.82, 2.24) is 0 Å². The molecule has 0 heterocycles. The maximum atomic E-state index is 5.92. The minimum Gasteiger partial charge on any atom is -0.494 e. The number of hydrogen-bond acceptors (Lipinski definition) is 1. The molecule has 0 saturated heterocycles. The van der Waals surface area contributed by atoms with Gasteiger partial charge in [-0.25, -0.2) is 0 Å². The second-order valence-corrected chi connectivity index (χ2v) is 4.56. The standard InChI is InChI=1S/C13H19ClO/c1-3-9-15-13-6-4-5-12(10-13)8-7-11(2)14/h4-6,10-11H,3,7-9H2,1-2H3. The number of alkyl halides is 1. The van der Waals surface area contributed by atoms with E-state index in [-0.39, 0.29) is 5.38 Å². The molecule has 0 amide bonds. The molecule has 1 rings (SSSR count). The summed E-state index contributed by atoms with van der Waals surface area (Å²) in [5.74, 6) is 0.969. The highest BCUT2D eigenvalue weighted by Gasteiger charge is 2.00. The van der Waals surface area contributed by atoms with E-state index in [0.29, 0.717) is 0 Å². The van der Waals surface area contributed by atoms with Crippen molar-refractivity contribution in [1.29, 1.82) is 0 Å². The van der Waals surface area contributed by atoms with Crippen molar-refractivity contribution in [3.63, 3.8) is 0 Å². The Bertz CT molecular complexity index is 284. The van der Waals surface area contributed by atoms with Crippen molar-refractivity contribution in [3.8, 4) is 5.75 Å². The first-order chi connectivity index (χ1) is 7.22. The van der Waals surface area contributed by atoms with Gasteiger partial charge in [-0.05, 0) is 43.9 Å². The van der Waals surface area contributed by atoms with Gasteiger partial charge in [-0.3, -0.25) is 0 Å². The number of hydrogen-bond donors (Lipinski definition) is 0. The highest BCUT2D eigenvalue weighted by molar-refractivity contribution is 6.20. The van der Waals surface area contributed by atoms with Crippen LogP contribution in [0.2, 0.25) is 0 Å².